The lowest BCUT2D eigenvalue weighted by molar-refractivity contribution is 0.474. The lowest BCUT2D eigenvalue weighted by atomic mass is 10.1. The van der Waals surface area contributed by atoms with Gasteiger partial charge >= 0.3 is 0 Å². The van der Waals surface area contributed by atoms with Gasteiger partial charge in [-0.05, 0) is 69.1 Å². The Morgan fingerprint density at radius 2 is 1.50 bits per heavy atom. The normalized spacial score (nSPS) is 12.2. The third-order valence-corrected chi connectivity index (χ3v) is 3.91. The molecule has 0 bridgehead atoms. The van der Waals surface area contributed by atoms with E-state index in [2.05, 4.69) is 57.3 Å². The summed E-state index contributed by atoms with van der Waals surface area (Å²) in [5.74, 6) is 1.85. The van der Waals surface area contributed by atoms with Gasteiger partial charge in [-0.15, -0.1) is 0 Å². The van der Waals surface area contributed by atoms with Gasteiger partial charge in [-0.25, -0.2) is 0 Å². The molecule has 0 spiro atoms. The van der Waals surface area contributed by atoms with Crippen LogP contribution < -0.4 is 10.1 Å². The Hall–Kier alpha value is -1.80. The zero-order valence-corrected chi connectivity index (χ0v) is 12.9. The van der Waals surface area contributed by atoms with Crippen LogP contribution in [0.1, 0.15) is 35.2 Å². The van der Waals surface area contributed by atoms with Gasteiger partial charge < -0.3 is 10.1 Å². The van der Waals surface area contributed by atoms with E-state index in [0.717, 1.165) is 11.5 Å². The SMILES string of the molecule is CNC(C)c1ccc(Oc2c(C)ccc(C)c2C)cc1. The number of hydrogen-bond acceptors (Lipinski definition) is 2. The summed E-state index contributed by atoms with van der Waals surface area (Å²) < 4.78 is 6.07. The first-order valence-corrected chi connectivity index (χ1v) is 7.04. The van der Waals surface area contributed by atoms with E-state index < -0.39 is 0 Å². The van der Waals surface area contributed by atoms with Crippen molar-refractivity contribution in [2.75, 3.05) is 7.05 Å². The summed E-state index contributed by atoms with van der Waals surface area (Å²) in [6.07, 6.45) is 0. The van der Waals surface area contributed by atoms with Gasteiger partial charge in [0.15, 0.2) is 0 Å². The molecule has 0 aliphatic heterocycles. The fourth-order valence-corrected chi connectivity index (χ4v) is 2.19. The summed E-state index contributed by atoms with van der Waals surface area (Å²) in [5.41, 5.74) is 4.89. The highest BCUT2D eigenvalue weighted by molar-refractivity contribution is 5.47. The molecule has 0 amide bonds. The van der Waals surface area contributed by atoms with Crippen LogP contribution in [0.15, 0.2) is 36.4 Å². The molecule has 0 heterocycles. The number of hydrogen-bond donors (Lipinski definition) is 1. The first-order chi connectivity index (χ1) is 9.52. The van der Waals surface area contributed by atoms with Crippen molar-refractivity contribution >= 4 is 0 Å². The van der Waals surface area contributed by atoms with Crippen molar-refractivity contribution in [1.82, 2.24) is 5.32 Å². The molecule has 0 aromatic heterocycles. The van der Waals surface area contributed by atoms with Crippen LogP contribution in [0.25, 0.3) is 0 Å². The van der Waals surface area contributed by atoms with Crippen LogP contribution in [0.4, 0.5) is 0 Å². The second-order valence-corrected chi connectivity index (χ2v) is 5.33. The maximum Gasteiger partial charge on any atom is 0.133 e. The summed E-state index contributed by atoms with van der Waals surface area (Å²) in [6, 6.07) is 12.9. The minimum Gasteiger partial charge on any atom is -0.457 e. The maximum absolute atomic E-state index is 6.07. The molecular weight excluding hydrogens is 246 g/mol. The van der Waals surface area contributed by atoms with Crippen molar-refractivity contribution in [3.05, 3.63) is 58.7 Å². The molecule has 0 saturated carbocycles. The van der Waals surface area contributed by atoms with Crippen molar-refractivity contribution in [3.8, 4) is 11.5 Å². The van der Waals surface area contributed by atoms with Gasteiger partial charge in [-0.1, -0.05) is 24.3 Å². The Bertz CT molecular complexity index is 587. The molecule has 1 atom stereocenters. The van der Waals surface area contributed by atoms with Gasteiger partial charge in [0.05, 0.1) is 0 Å². The van der Waals surface area contributed by atoms with Gasteiger partial charge in [0, 0.05) is 6.04 Å². The molecule has 0 radical (unpaired) electrons. The summed E-state index contributed by atoms with van der Waals surface area (Å²) >= 11 is 0. The van der Waals surface area contributed by atoms with Crippen LogP contribution >= 0.6 is 0 Å². The first-order valence-electron chi connectivity index (χ1n) is 7.04. The van der Waals surface area contributed by atoms with E-state index in [1.165, 1.54) is 22.3 Å². The van der Waals surface area contributed by atoms with Crippen molar-refractivity contribution in [3.63, 3.8) is 0 Å². The van der Waals surface area contributed by atoms with Crippen LogP contribution in [0.5, 0.6) is 11.5 Å². The predicted molar refractivity (Wildman–Crippen MR) is 84.6 cm³/mol. The van der Waals surface area contributed by atoms with E-state index in [9.17, 15) is 0 Å². The number of aryl methyl sites for hydroxylation is 2. The molecule has 2 rings (SSSR count). The average molecular weight is 269 g/mol. The van der Waals surface area contributed by atoms with E-state index in [1.807, 2.05) is 19.2 Å². The summed E-state index contributed by atoms with van der Waals surface area (Å²) in [6.45, 7) is 8.44. The van der Waals surface area contributed by atoms with Gasteiger partial charge in [-0.2, -0.15) is 0 Å². The highest BCUT2D eigenvalue weighted by Gasteiger charge is 2.08. The Kier molecular flexibility index (Phi) is 4.46. The number of nitrogens with one attached hydrogen (secondary N) is 1. The Morgan fingerprint density at radius 1 is 0.900 bits per heavy atom. The van der Waals surface area contributed by atoms with E-state index in [-0.39, 0.29) is 0 Å². The zero-order chi connectivity index (χ0) is 14.7. The van der Waals surface area contributed by atoms with E-state index in [0.29, 0.717) is 6.04 Å². The van der Waals surface area contributed by atoms with E-state index in [1.54, 1.807) is 0 Å². The molecule has 0 aliphatic rings. The molecule has 2 nitrogen and oxygen atoms in total. The molecular formula is C18H23NO. The molecule has 2 aromatic rings. The second-order valence-electron chi connectivity index (χ2n) is 5.33. The minimum atomic E-state index is 0.353. The fraction of sp³-hybridized carbons (Fsp3) is 0.333. The van der Waals surface area contributed by atoms with Crippen LogP contribution in [0.3, 0.4) is 0 Å². The van der Waals surface area contributed by atoms with Crippen LogP contribution in [-0.2, 0) is 0 Å². The Balaban J connectivity index is 2.25. The van der Waals surface area contributed by atoms with Gasteiger partial charge in [0.2, 0.25) is 0 Å². The fourth-order valence-electron chi connectivity index (χ4n) is 2.19. The molecule has 20 heavy (non-hydrogen) atoms. The third-order valence-electron chi connectivity index (χ3n) is 3.91. The quantitative estimate of drug-likeness (QED) is 0.869. The number of rotatable bonds is 4. The van der Waals surface area contributed by atoms with E-state index >= 15 is 0 Å². The predicted octanol–water partition coefficient (Wildman–Crippen LogP) is 4.68. The molecule has 0 fully saturated rings. The van der Waals surface area contributed by atoms with Crippen molar-refractivity contribution < 1.29 is 4.74 Å². The molecule has 1 N–H and O–H groups in total. The third kappa shape index (κ3) is 3.02. The highest BCUT2D eigenvalue weighted by atomic mass is 16.5. The number of ether oxygens (including phenoxy) is 1. The van der Waals surface area contributed by atoms with Crippen molar-refractivity contribution in [1.29, 1.82) is 0 Å². The molecule has 0 aliphatic carbocycles. The topological polar surface area (TPSA) is 21.3 Å². The van der Waals surface area contributed by atoms with Crippen LogP contribution in [0.2, 0.25) is 0 Å². The summed E-state index contributed by atoms with van der Waals surface area (Å²) in [4.78, 5) is 0. The lowest BCUT2D eigenvalue weighted by Crippen LogP contribution is -2.11. The van der Waals surface area contributed by atoms with Gasteiger partial charge in [0.25, 0.3) is 0 Å². The average Bonchev–Trinajstić information content (AvgIpc) is 2.47. The summed E-state index contributed by atoms with van der Waals surface area (Å²) in [5, 5.41) is 3.24. The monoisotopic (exact) mass is 269 g/mol. The first kappa shape index (κ1) is 14.6. The largest absolute Gasteiger partial charge is 0.457 e. The van der Waals surface area contributed by atoms with Crippen LogP contribution in [-0.4, -0.2) is 7.05 Å². The zero-order valence-electron chi connectivity index (χ0n) is 12.9. The standard InChI is InChI=1S/C18H23NO/c1-12-6-7-13(2)18(14(12)3)20-17-10-8-16(9-11-17)15(4)19-5/h6-11,15,19H,1-5H3. The molecule has 0 saturated heterocycles. The molecule has 2 heteroatoms. The maximum atomic E-state index is 6.07. The molecule has 2 aromatic carbocycles. The van der Waals surface area contributed by atoms with Gasteiger partial charge in [-0.3, -0.25) is 0 Å². The summed E-state index contributed by atoms with van der Waals surface area (Å²) in [7, 11) is 1.97. The van der Waals surface area contributed by atoms with Gasteiger partial charge in [0.1, 0.15) is 11.5 Å². The minimum absolute atomic E-state index is 0.353. The van der Waals surface area contributed by atoms with E-state index in [4.69, 9.17) is 4.74 Å². The van der Waals surface area contributed by atoms with Crippen molar-refractivity contribution in [2.45, 2.75) is 33.7 Å². The van der Waals surface area contributed by atoms with Crippen molar-refractivity contribution in [2.24, 2.45) is 0 Å². The smallest absolute Gasteiger partial charge is 0.133 e. The Labute approximate surface area is 121 Å². The Morgan fingerprint density at radius 3 is 2.10 bits per heavy atom. The lowest BCUT2D eigenvalue weighted by Gasteiger charge is -2.15. The molecule has 1 unspecified atom stereocenters. The van der Waals surface area contributed by atoms with Crippen LogP contribution in [0, 0.1) is 20.8 Å². The highest BCUT2D eigenvalue weighted by Crippen LogP contribution is 2.31. The second kappa shape index (κ2) is 6.10. The number of benzene rings is 2. The molecule has 106 valence electrons.